The molecule has 0 bridgehead atoms. The van der Waals surface area contributed by atoms with E-state index in [1.165, 1.54) is 0 Å². The van der Waals surface area contributed by atoms with Gasteiger partial charge in [-0.3, -0.25) is 4.79 Å². The zero-order valence-electron chi connectivity index (χ0n) is 18.0. The van der Waals surface area contributed by atoms with Crippen molar-refractivity contribution in [1.82, 2.24) is 19.6 Å². The number of hydrogen-bond acceptors (Lipinski definition) is 4. The van der Waals surface area contributed by atoms with Crippen LogP contribution in [0.3, 0.4) is 0 Å². The van der Waals surface area contributed by atoms with Crippen molar-refractivity contribution in [1.29, 1.82) is 0 Å². The summed E-state index contributed by atoms with van der Waals surface area (Å²) in [5.74, 6) is 0.467. The zero-order chi connectivity index (χ0) is 21.1. The Morgan fingerprint density at radius 1 is 1.14 bits per heavy atom. The van der Waals surface area contributed by atoms with Gasteiger partial charge in [0.2, 0.25) is 5.91 Å². The fourth-order valence-corrected chi connectivity index (χ4v) is 4.71. The number of nitrogens with zero attached hydrogens (tertiary/aromatic N) is 3. The molecule has 2 amide bonds. The molecule has 2 aromatic heterocycles. The Morgan fingerprint density at radius 3 is 2.41 bits per heavy atom. The number of fused-ring (bicyclic) bond motifs is 2. The molecule has 0 radical (unpaired) electrons. The van der Waals surface area contributed by atoms with Crippen LogP contribution in [-0.4, -0.2) is 45.0 Å². The highest BCUT2D eigenvalue weighted by Gasteiger charge is 2.61. The molecule has 0 aromatic carbocycles. The van der Waals surface area contributed by atoms with Crippen molar-refractivity contribution in [2.45, 2.75) is 52.7 Å². The van der Waals surface area contributed by atoms with Crippen LogP contribution in [-0.2, 0) is 15.1 Å². The number of ether oxygens (including phenoxy) is 1. The van der Waals surface area contributed by atoms with Gasteiger partial charge in [-0.25, -0.2) is 9.78 Å². The molecule has 156 valence electrons. The predicted octanol–water partition coefficient (Wildman–Crippen LogP) is 3.11. The van der Waals surface area contributed by atoms with E-state index in [2.05, 4.69) is 10.3 Å². The molecule has 1 N–H and O–H groups in total. The zero-order valence-corrected chi connectivity index (χ0v) is 18.0. The number of rotatable bonds is 3. The lowest BCUT2D eigenvalue weighted by Crippen LogP contribution is -2.45. The van der Waals surface area contributed by atoms with Crippen molar-refractivity contribution < 1.29 is 14.3 Å². The number of carbonyl (C=O) groups excluding carboxylic acids is 2. The van der Waals surface area contributed by atoms with Gasteiger partial charge in [0.05, 0.1) is 16.9 Å². The van der Waals surface area contributed by atoms with Crippen molar-refractivity contribution in [3.8, 4) is 0 Å². The van der Waals surface area contributed by atoms with Gasteiger partial charge >= 0.3 is 6.09 Å². The first kappa shape index (κ1) is 19.7. The molecule has 7 nitrogen and oxygen atoms in total. The van der Waals surface area contributed by atoms with Crippen LogP contribution in [0.1, 0.15) is 46.0 Å². The number of carbonyl (C=O) groups is 2. The standard InChI is InChI=1S/C22H30N4O3/c1-13-18(26-10-8-7-9-16(26)23-13)22(5,6)24-19(27)17-14-11-25(12-15(14)17)20(28)29-21(2,3)4/h7-10,14-15,17H,11-12H2,1-6H3,(H,24,27)/t14-,15+,17?. The van der Waals surface area contributed by atoms with Gasteiger partial charge in [0, 0.05) is 25.2 Å². The molecule has 0 spiro atoms. The van der Waals surface area contributed by atoms with Gasteiger partial charge < -0.3 is 19.4 Å². The summed E-state index contributed by atoms with van der Waals surface area (Å²) in [5, 5.41) is 3.23. The van der Waals surface area contributed by atoms with Gasteiger partial charge in [-0.05, 0) is 65.5 Å². The minimum atomic E-state index is -0.552. The average molecular weight is 399 g/mol. The Hall–Kier alpha value is -2.57. The van der Waals surface area contributed by atoms with Gasteiger partial charge in [-0.1, -0.05) is 6.07 Å². The summed E-state index contributed by atoms with van der Waals surface area (Å²) in [7, 11) is 0. The second-order valence-corrected chi connectivity index (χ2v) is 9.83. The van der Waals surface area contributed by atoms with E-state index in [0.29, 0.717) is 13.1 Å². The summed E-state index contributed by atoms with van der Waals surface area (Å²) in [4.78, 5) is 31.6. The summed E-state index contributed by atoms with van der Waals surface area (Å²) in [5.41, 5.74) is 1.72. The van der Waals surface area contributed by atoms with E-state index < -0.39 is 11.1 Å². The lowest BCUT2D eigenvalue weighted by atomic mass is 9.98. The highest BCUT2D eigenvalue weighted by molar-refractivity contribution is 5.84. The molecule has 2 fully saturated rings. The van der Waals surface area contributed by atoms with Crippen molar-refractivity contribution in [2.75, 3.05) is 13.1 Å². The molecule has 1 unspecified atom stereocenters. The molecule has 3 atom stereocenters. The molecular formula is C22H30N4O3. The first-order valence-electron chi connectivity index (χ1n) is 10.2. The number of pyridine rings is 1. The monoisotopic (exact) mass is 398 g/mol. The van der Waals surface area contributed by atoms with E-state index >= 15 is 0 Å². The van der Waals surface area contributed by atoms with E-state index in [4.69, 9.17) is 4.74 Å². The minimum Gasteiger partial charge on any atom is -0.444 e. The van der Waals surface area contributed by atoms with Crippen LogP contribution in [0.15, 0.2) is 24.4 Å². The minimum absolute atomic E-state index is 0.0348. The number of nitrogens with one attached hydrogen (secondary N) is 1. The topological polar surface area (TPSA) is 75.9 Å². The molecule has 3 heterocycles. The van der Waals surface area contributed by atoms with Crippen molar-refractivity contribution in [2.24, 2.45) is 17.8 Å². The maximum absolute atomic E-state index is 13.0. The molecule has 4 rings (SSSR count). The maximum atomic E-state index is 13.0. The van der Waals surface area contributed by atoms with Gasteiger partial charge in [0.25, 0.3) is 0 Å². The molecule has 1 aliphatic heterocycles. The number of aryl methyl sites for hydroxylation is 1. The van der Waals surface area contributed by atoms with Crippen LogP contribution in [0.4, 0.5) is 4.79 Å². The van der Waals surface area contributed by atoms with E-state index in [9.17, 15) is 9.59 Å². The third kappa shape index (κ3) is 3.58. The van der Waals surface area contributed by atoms with E-state index in [-0.39, 0.29) is 29.8 Å². The second-order valence-electron chi connectivity index (χ2n) is 9.83. The molecule has 29 heavy (non-hydrogen) atoms. The van der Waals surface area contributed by atoms with Crippen LogP contribution in [0, 0.1) is 24.7 Å². The molecule has 2 aliphatic rings. The van der Waals surface area contributed by atoms with Crippen molar-refractivity contribution in [3.63, 3.8) is 0 Å². The summed E-state index contributed by atoms with van der Waals surface area (Å²) >= 11 is 0. The van der Waals surface area contributed by atoms with Crippen LogP contribution >= 0.6 is 0 Å². The molecular weight excluding hydrogens is 368 g/mol. The molecule has 2 aromatic rings. The maximum Gasteiger partial charge on any atom is 0.410 e. The Kier molecular flexibility index (Phi) is 4.40. The lowest BCUT2D eigenvalue weighted by molar-refractivity contribution is -0.125. The average Bonchev–Trinajstić information content (AvgIpc) is 2.94. The lowest BCUT2D eigenvalue weighted by Gasteiger charge is -2.28. The van der Waals surface area contributed by atoms with Crippen molar-refractivity contribution >= 4 is 17.6 Å². The first-order valence-corrected chi connectivity index (χ1v) is 10.2. The third-order valence-corrected chi connectivity index (χ3v) is 5.88. The number of imidazole rings is 1. The normalized spacial score (nSPS) is 23.8. The summed E-state index contributed by atoms with van der Waals surface area (Å²) in [6.45, 7) is 12.8. The molecule has 1 aliphatic carbocycles. The second kappa shape index (κ2) is 6.47. The van der Waals surface area contributed by atoms with Crippen LogP contribution in [0.25, 0.3) is 5.65 Å². The van der Waals surface area contributed by atoms with E-state index in [1.54, 1.807) is 4.90 Å². The Bertz CT molecular complexity index is 960. The number of piperidine rings is 1. The Balaban J connectivity index is 1.41. The largest absolute Gasteiger partial charge is 0.444 e. The number of likely N-dealkylation sites (tertiary alicyclic amines) is 1. The summed E-state index contributed by atoms with van der Waals surface area (Å²) in [6.07, 6.45) is 1.69. The third-order valence-electron chi connectivity index (χ3n) is 5.88. The van der Waals surface area contributed by atoms with E-state index in [0.717, 1.165) is 17.0 Å². The Labute approximate surface area is 171 Å². The Morgan fingerprint density at radius 2 is 1.79 bits per heavy atom. The highest BCUT2D eigenvalue weighted by Crippen LogP contribution is 2.52. The fourth-order valence-electron chi connectivity index (χ4n) is 4.71. The van der Waals surface area contributed by atoms with Gasteiger partial charge in [-0.15, -0.1) is 0 Å². The van der Waals surface area contributed by atoms with Crippen LogP contribution in [0.5, 0.6) is 0 Å². The SMILES string of the molecule is Cc1nc2ccccn2c1C(C)(C)NC(=O)C1[C@H]2CN(C(=O)OC(C)(C)C)C[C@@H]12. The number of aromatic nitrogens is 2. The van der Waals surface area contributed by atoms with Gasteiger partial charge in [0.1, 0.15) is 11.2 Å². The van der Waals surface area contributed by atoms with E-state index in [1.807, 2.05) is 70.3 Å². The fraction of sp³-hybridized carbons (Fsp3) is 0.591. The van der Waals surface area contributed by atoms with Gasteiger partial charge in [0.15, 0.2) is 0 Å². The first-order chi connectivity index (χ1) is 13.5. The molecule has 7 heteroatoms. The quantitative estimate of drug-likeness (QED) is 0.862. The smallest absolute Gasteiger partial charge is 0.410 e. The van der Waals surface area contributed by atoms with Crippen LogP contribution < -0.4 is 5.32 Å². The highest BCUT2D eigenvalue weighted by atomic mass is 16.6. The van der Waals surface area contributed by atoms with Crippen LogP contribution in [0.2, 0.25) is 0 Å². The summed E-state index contributed by atoms with van der Waals surface area (Å²) < 4.78 is 7.48. The summed E-state index contributed by atoms with van der Waals surface area (Å²) in [6, 6.07) is 5.88. The molecule has 1 saturated carbocycles. The van der Waals surface area contributed by atoms with Crippen molar-refractivity contribution in [3.05, 3.63) is 35.8 Å². The molecule has 1 saturated heterocycles. The number of amides is 2. The predicted molar refractivity (Wildman–Crippen MR) is 109 cm³/mol. The van der Waals surface area contributed by atoms with Gasteiger partial charge in [-0.2, -0.15) is 0 Å². The number of hydrogen-bond donors (Lipinski definition) is 1.